The van der Waals surface area contributed by atoms with Crippen molar-refractivity contribution in [1.29, 1.82) is 0 Å². The number of benzene rings is 1. The van der Waals surface area contributed by atoms with Crippen molar-refractivity contribution in [1.82, 2.24) is 4.90 Å². The summed E-state index contributed by atoms with van der Waals surface area (Å²) < 4.78 is 0. The lowest BCUT2D eigenvalue weighted by Crippen LogP contribution is -2.43. The van der Waals surface area contributed by atoms with Crippen LogP contribution in [0.15, 0.2) is 24.3 Å². The van der Waals surface area contributed by atoms with Gasteiger partial charge < -0.3 is 5.11 Å². The van der Waals surface area contributed by atoms with Gasteiger partial charge in [-0.25, -0.2) is 0 Å². The maximum atomic E-state index is 11.1. The third-order valence-corrected chi connectivity index (χ3v) is 4.33. The molecule has 0 amide bonds. The first kappa shape index (κ1) is 14.1. The van der Waals surface area contributed by atoms with E-state index in [9.17, 15) is 4.79 Å². The Morgan fingerprint density at radius 2 is 2.00 bits per heavy atom. The first-order valence-electron chi connectivity index (χ1n) is 7.04. The third-order valence-electron chi connectivity index (χ3n) is 4.33. The lowest BCUT2D eigenvalue weighted by molar-refractivity contribution is -0.144. The fourth-order valence-electron chi connectivity index (χ4n) is 3.03. The zero-order chi connectivity index (χ0) is 14.0. The van der Waals surface area contributed by atoms with E-state index in [-0.39, 0.29) is 5.92 Å². The molecule has 0 aliphatic carbocycles. The molecule has 2 rings (SSSR count). The van der Waals surface area contributed by atoms with Gasteiger partial charge in [0.2, 0.25) is 0 Å². The van der Waals surface area contributed by atoms with Gasteiger partial charge in [0, 0.05) is 12.1 Å². The highest BCUT2D eigenvalue weighted by atomic mass is 16.4. The number of carboxylic acids is 1. The summed E-state index contributed by atoms with van der Waals surface area (Å²) in [6.07, 6.45) is 1.52. The third kappa shape index (κ3) is 3.16. The topological polar surface area (TPSA) is 40.5 Å². The lowest BCUT2D eigenvalue weighted by Gasteiger charge is -2.40. The molecule has 3 atom stereocenters. The number of carbonyl (C=O) groups is 1. The van der Waals surface area contributed by atoms with E-state index < -0.39 is 5.97 Å². The van der Waals surface area contributed by atoms with Crippen LogP contribution >= 0.6 is 0 Å². The molecule has 104 valence electrons. The molecule has 0 saturated carbocycles. The van der Waals surface area contributed by atoms with E-state index in [0.29, 0.717) is 12.1 Å². The molecule has 0 bridgehead atoms. The van der Waals surface area contributed by atoms with Gasteiger partial charge in [0.15, 0.2) is 0 Å². The molecular formula is C16H23NO2. The summed E-state index contributed by atoms with van der Waals surface area (Å²) in [5.74, 6) is -0.814. The zero-order valence-electron chi connectivity index (χ0n) is 12.0. The van der Waals surface area contributed by atoms with Crippen molar-refractivity contribution in [3.63, 3.8) is 0 Å². The summed E-state index contributed by atoms with van der Waals surface area (Å²) in [7, 11) is 0. The molecule has 3 unspecified atom stereocenters. The Kier molecular flexibility index (Phi) is 4.25. The second-order valence-electron chi connectivity index (χ2n) is 5.73. The van der Waals surface area contributed by atoms with E-state index in [4.69, 9.17) is 5.11 Å². The molecule has 0 spiro atoms. The number of aryl methyl sites for hydroxylation is 1. The van der Waals surface area contributed by atoms with Gasteiger partial charge in [-0.15, -0.1) is 0 Å². The Bertz CT molecular complexity index is 441. The van der Waals surface area contributed by atoms with Crippen LogP contribution < -0.4 is 0 Å². The highest BCUT2D eigenvalue weighted by molar-refractivity contribution is 5.70. The van der Waals surface area contributed by atoms with E-state index in [1.807, 2.05) is 0 Å². The predicted molar refractivity (Wildman–Crippen MR) is 76.1 cm³/mol. The molecule has 3 heteroatoms. The number of hydrogen-bond acceptors (Lipinski definition) is 2. The largest absolute Gasteiger partial charge is 0.481 e. The van der Waals surface area contributed by atoms with E-state index in [0.717, 1.165) is 19.4 Å². The van der Waals surface area contributed by atoms with Crippen LogP contribution in [-0.2, 0) is 4.79 Å². The smallest absolute Gasteiger partial charge is 0.306 e. The number of piperidine rings is 1. The molecule has 1 aliphatic heterocycles. The van der Waals surface area contributed by atoms with Crippen LogP contribution in [0.2, 0.25) is 0 Å². The van der Waals surface area contributed by atoms with Crippen molar-refractivity contribution in [3.05, 3.63) is 35.4 Å². The standard InChI is InChI=1S/C16H23NO2/c1-11-4-6-14(7-5-11)13(3)17-9-8-15(16(18)19)10-12(17)2/h4-7,12-13,15H,8-10H2,1-3H3,(H,18,19). The lowest BCUT2D eigenvalue weighted by atomic mass is 9.89. The number of aliphatic carboxylic acids is 1. The van der Waals surface area contributed by atoms with Gasteiger partial charge in [0.05, 0.1) is 5.92 Å². The van der Waals surface area contributed by atoms with Crippen molar-refractivity contribution in [2.45, 2.75) is 45.7 Å². The minimum atomic E-state index is -0.644. The molecule has 1 aromatic rings. The molecule has 1 aromatic carbocycles. The number of likely N-dealkylation sites (tertiary alicyclic amines) is 1. The average Bonchev–Trinajstić information content (AvgIpc) is 2.38. The van der Waals surface area contributed by atoms with Crippen molar-refractivity contribution >= 4 is 5.97 Å². The van der Waals surface area contributed by atoms with E-state index in [1.54, 1.807) is 0 Å². The van der Waals surface area contributed by atoms with E-state index in [1.165, 1.54) is 11.1 Å². The van der Waals surface area contributed by atoms with E-state index >= 15 is 0 Å². The van der Waals surface area contributed by atoms with Crippen LogP contribution in [-0.4, -0.2) is 28.6 Å². The Balaban J connectivity index is 2.06. The number of carboxylic acid groups (broad SMARTS) is 1. The van der Waals surface area contributed by atoms with Crippen LogP contribution in [0.3, 0.4) is 0 Å². The fraction of sp³-hybridized carbons (Fsp3) is 0.562. The van der Waals surface area contributed by atoms with Crippen molar-refractivity contribution in [2.24, 2.45) is 5.92 Å². The highest BCUT2D eigenvalue weighted by Crippen LogP contribution is 2.30. The van der Waals surface area contributed by atoms with Crippen molar-refractivity contribution < 1.29 is 9.90 Å². The summed E-state index contributed by atoms with van der Waals surface area (Å²) >= 11 is 0. The molecule has 1 saturated heterocycles. The molecule has 1 heterocycles. The summed E-state index contributed by atoms with van der Waals surface area (Å²) in [5.41, 5.74) is 2.58. The van der Waals surface area contributed by atoms with Crippen LogP contribution in [0.25, 0.3) is 0 Å². The summed E-state index contributed by atoms with van der Waals surface area (Å²) in [5, 5.41) is 9.11. The minimum absolute atomic E-state index is 0.170. The van der Waals surface area contributed by atoms with Crippen LogP contribution in [0.1, 0.15) is 43.9 Å². The van der Waals surface area contributed by atoms with Crippen molar-refractivity contribution in [2.75, 3.05) is 6.54 Å². The first-order chi connectivity index (χ1) is 8.99. The van der Waals surface area contributed by atoms with Gasteiger partial charge in [0.25, 0.3) is 0 Å². The SMILES string of the molecule is Cc1ccc(C(C)N2CCC(C(=O)O)CC2C)cc1. The molecule has 1 N–H and O–H groups in total. The second kappa shape index (κ2) is 5.74. The van der Waals surface area contributed by atoms with E-state index in [2.05, 4.69) is 49.9 Å². The van der Waals surface area contributed by atoms with Crippen molar-refractivity contribution in [3.8, 4) is 0 Å². The van der Waals surface area contributed by atoms with Gasteiger partial charge in [-0.3, -0.25) is 9.69 Å². The van der Waals surface area contributed by atoms with Gasteiger partial charge in [0.1, 0.15) is 0 Å². The monoisotopic (exact) mass is 261 g/mol. The maximum Gasteiger partial charge on any atom is 0.306 e. The van der Waals surface area contributed by atoms with Crippen LogP contribution in [0.4, 0.5) is 0 Å². The molecule has 0 aromatic heterocycles. The summed E-state index contributed by atoms with van der Waals surface area (Å²) in [6, 6.07) is 9.31. The highest BCUT2D eigenvalue weighted by Gasteiger charge is 2.32. The van der Waals surface area contributed by atoms with Crippen LogP contribution in [0, 0.1) is 12.8 Å². The van der Waals surface area contributed by atoms with Gasteiger partial charge in [-0.05, 0) is 45.7 Å². The number of nitrogens with zero attached hydrogens (tertiary/aromatic N) is 1. The minimum Gasteiger partial charge on any atom is -0.481 e. The molecule has 3 nitrogen and oxygen atoms in total. The first-order valence-corrected chi connectivity index (χ1v) is 7.04. The van der Waals surface area contributed by atoms with Gasteiger partial charge in [-0.2, -0.15) is 0 Å². The molecule has 1 fully saturated rings. The molecule has 19 heavy (non-hydrogen) atoms. The van der Waals surface area contributed by atoms with Gasteiger partial charge >= 0.3 is 5.97 Å². The zero-order valence-corrected chi connectivity index (χ0v) is 12.0. The summed E-state index contributed by atoms with van der Waals surface area (Å²) in [4.78, 5) is 13.5. The number of rotatable bonds is 3. The normalized spacial score (nSPS) is 26.1. The Labute approximate surface area is 115 Å². The Morgan fingerprint density at radius 1 is 1.37 bits per heavy atom. The summed E-state index contributed by atoms with van der Waals surface area (Å²) in [6.45, 7) is 7.31. The number of hydrogen-bond donors (Lipinski definition) is 1. The maximum absolute atomic E-state index is 11.1. The fourth-order valence-corrected chi connectivity index (χ4v) is 3.03. The molecular weight excluding hydrogens is 238 g/mol. The van der Waals surface area contributed by atoms with Gasteiger partial charge in [-0.1, -0.05) is 29.8 Å². The Hall–Kier alpha value is -1.35. The molecule has 0 radical (unpaired) electrons. The Morgan fingerprint density at radius 3 is 2.53 bits per heavy atom. The van der Waals surface area contributed by atoms with Crippen LogP contribution in [0.5, 0.6) is 0 Å². The molecule has 1 aliphatic rings. The quantitative estimate of drug-likeness (QED) is 0.908. The second-order valence-corrected chi connectivity index (χ2v) is 5.73. The predicted octanol–water partition coefficient (Wildman–Crippen LogP) is 3.24. The average molecular weight is 261 g/mol.